The highest BCUT2D eigenvalue weighted by atomic mass is 79.9. The van der Waals surface area contributed by atoms with Crippen molar-refractivity contribution < 1.29 is 9.15 Å². The normalized spacial score (nSPS) is 12.4. The lowest BCUT2D eigenvalue weighted by Crippen LogP contribution is -1.95. The highest BCUT2D eigenvalue weighted by Gasteiger charge is 2.16. The molecular formula is C13H11Br3O2. The van der Waals surface area contributed by atoms with Crippen LogP contribution in [0.5, 0.6) is 5.75 Å². The molecular weight excluding hydrogens is 428 g/mol. The van der Waals surface area contributed by atoms with Gasteiger partial charge in [-0.15, -0.1) is 0 Å². The Labute approximate surface area is 131 Å². The monoisotopic (exact) mass is 436 g/mol. The van der Waals surface area contributed by atoms with E-state index >= 15 is 0 Å². The summed E-state index contributed by atoms with van der Waals surface area (Å²) < 4.78 is 12.4. The van der Waals surface area contributed by atoms with E-state index < -0.39 is 0 Å². The first-order chi connectivity index (χ1) is 8.63. The molecule has 0 aliphatic rings. The largest absolute Gasteiger partial charge is 0.493 e. The molecule has 1 atom stereocenters. The summed E-state index contributed by atoms with van der Waals surface area (Å²) in [6.07, 6.45) is 1.66. The fraction of sp³-hybridized carbons (Fsp3) is 0.231. The predicted octanol–water partition coefficient (Wildman–Crippen LogP) is 5.69. The Morgan fingerprint density at radius 2 is 2.06 bits per heavy atom. The quantitative estimate of drug-likeness (QED) is 0.572. The maximum Gasteiger partial charge on any atom is 0.173 e. The maximum absolute atomic E-state index is 5.50. The number of hydrogen-bond donors (Lipinski definition) is 0. The second kappa shape index (κ2) is 6.26. The fourth-order valence-corrected chi connectivity index (χ4v) is 3.54. The van der Waals surface area contributed by atoms with Crippen molar-refractivity contribution in [1.82, 2.24) is 0 Å². The summed E-state index contributed by atoms with van der Waals surface area (Å²) in [6, 6.07) is 7.98. The van der Waals surface area contributed by atoms with Crippen LogP contribution in [0, 0.1) is 0 Å². The molecule has 1 heterocycles. The van der Waals surface area contributed by atoms with Crippen LogP contribution in [-0.4, -0.2) is 6.61 Å². The molecule has 0 saturated heterocycles. The molecule has 0 aliphatic carbocycles. The van der Waals surface area contributed by atoms with Crippen molar-refractivity contribution in [2.45, 2.75) is 11.8 Å². The fourth-order valence-electron chi connectivity index (χ4n) is 1.61. The molecule has 1 unspecified atom stereocenters. The van der Waals surface area contributed by atoms with E-state index in [0.29, 0.717) is 6.61 Å². The third-order valence-corrected chi connectivity index (χ3v) is 4.75. The van der Waals surface area contributed by atoms with E-state index in [1.165, 1.54) is 0 Å². The van der Waals surface area contributed by atoms with Crippen LogP contribution >= 0.6 is 47.8 Å². The minimum absolute atomic E-state index is 0.0811. The van der Waals surface area contributed by atoms with Crippen LogP contribution in [0.1, 0.15) is 22.9 Å². The van der Waals surface area contributed by atoms with E-state index in [-0.39, 0.29) is 4.83 Å². The molecule has 2 rings (SSSR count). The van der Waals surface area contributed by atoms with Crippen molar-refractivity contribution in [2.75, 3.05) is 6.61 Å². The van der Waals surface area contributed by atoms with Crippen LogP contribution in [0.2, 0.25) is 0 Å². The summed E-state index contributed by atoms with van der Waals surface area (Å²) >= 11 is 10.6. The highest BCUT2D eigenvalue weighted by Crippen LogP contribution is 2.38. The van der Waals surface area contributed by atoms with Gasteiger partial charge in [-0.25, -0.2) is 0 Å². The number of furan rings is 1. The number of alkyl halides is 1. The lowest BCUT2D eigenvalue weighted by atomic mass is 10.1. The Morgan fingerprint density at radius 1 is 1.28 bits per heavy atom. The third kappa shape index (κ3) is 3.00. The second-order valence-corrected chi connectivity index (χ2v) is 6.13. The molecule has 0 aliphatic heterocycles. The van der Waals surface area contributed by atoms with E-state index in [2.05, 4.69) is 47.8 Å². The molecule has 0 fully saturated rings. The van der Waals surface area contributed by atoms with Gasteiger partial charge in [-0.3, -0.25) is 0 Å². The lowest BCUT2D eigenvalue weighted by Gasteiger charge is -2.12. The van der Waals surface area contributed by atoms with Gasteiger partial charge in [0.25, 0.3) is 0 Å². The van der Waals surface area contributed by atoms with Crippen LogP contribution in [0.25, 0.3) is 0 Å². The average molecular weight is 439 g/mol. The first kappa shape index (κ1) is 14.2. The zero-order chi connectivity index (χ0) is 13.1. The summed E-state index contributed by atoms with van der Waals surface area (Å²) in [7, 11) is 0. The Morgan fingerprint density at radius 3 is 2.61 bits per heavy atom. The summed E-state index contributed by atoms with van der Waals surface area (Å²) in [5.41, 5.74) is 2.19. The van der Waals surface area contributed by atoms with Gasteiger partial charge in [0.15, 0.2) is 4.67 Å². The molecule has 0 bridgehead atoms. The van der Waals surface area contributed by atoms with Gasteiger partial charge in [0.2, 0.25) is 0 Å². The minimum atomic E-state index is 0.0811. The summed E-state index contributed by atoms with van der Waals surface area (Å²) in [5, 5.41) is 0. The zero-order valence-electron chi connectivity index (χ0n) is 9.62. The van der Waals surface area contributed by atoms with Crippen molar-refractivity contribution in [3.8, 4) is 5.75 Å². The molecule has 1 aromatic carbocycles. The molecule has 96 valence electrons. The van der Waals surface area contributed by atoms with Crippen molar-refractivity contribution in [3.05, 3.63) is 50.8 Å². The van der Waals surface area contributed by atoms with Crippen molar-refractivity contribution in [1.29, 1.82) is 0 Å². The van der Waals surface area contributed by atoms with E-state index in [4.69, 9.17) is 9.15 Å². The zero-order valence-corrected chi connectivity index (χ0v) is 14.4. The Hall–Kier alpha value is -0.260. The van der Waals surface area contributed by atoms with Gasteiger partial charge >= 0.3 is 0 Å². The third-order valence-electron chi connectivity index (χ3n) is 2.47. The predicted molar refractivity (Wildman–Crippen MR) is 82.5 cm³/mol. The topological polar surface area (TPSA) is 22.4 Å². The molecule has 0 radical (unpaired) electrons. The first-order valence-corrected chi connectivity index (χ1v) is 7.92. The standard InChI is InChI=1S/C13H11Br3O2/c1-2-17-11-4-3-8(7-10(11)14)12(15)9-5-6-18-13(9)16/h3-7,12H,2H2,1H3. The molecule has 5 heteroatoms. The maximum atomic E-state index is 5.50. The Bertz CT molecular complexity index is 537. The van der Waals surface area contributed by atoms with Crippen LogP contribution in [0.3, 0.4) is 0 Å². The first-order valence-electron chi connectivity index (χ1n) is 5.42. The van der Waals surface area contributed by atoms with Crippen molar-refractivity contribution in [3.63, 3.8) is 0 Å². The molecule has 2 aromatic rings. The van der Waals surface area contributed by atoms with Gasteiger partial charge in [0, 0.05) is 5.56 Å². The van der Waals surface area contributed by atoms with Crippen LogP contribution in [0.4, 0.5) is 0 Å². The van der Waals surface area contributed by atoms with Crippen LogP contribution < -0.4 is 4.74 Å². The van der Waals surface area contributed by atoms with Gasteiger partial charge in [0.1, 0.15) is 5.75 Å². The van der Waals surface area contributed by atoms with Gasteiger partial charge in [-0.1, -0.05) is 22.0 Å². The van der Waals surface area contributed by atoms with E-state index in [9.17, 15) is 0 Å². The van der Waals surface area contributed by atoms with Gasteiger partial charge in [0.05, 0.1) is 22.2 Å². The van der Waals surface area contributed by atoms with Gasteiger partial charge in [-0.05, 0) is 62.5 Å². The SMILES string of the molecule is CCOc1ccc(C(Br)c2ccoc2Br)cc1Br. The molecule has 2 nitrogen and oxygen atoms in total. The summed E-state index contributed by atoms with van der Waals surface area (Å²) in [5.74, 6) is 0.854. The molecule has 0 N–H and O–H groups in total. The van der Waals surface area contributed by atoms with Crippen molar-refractivity contribution in [2.24, 2.45) is 0 Å². The Kier molecular flexibility index (Phi) is 4.92. The van der Waals surface area contributed by atoms with Crippen LogP contribution in [0.15, 0.2) is 44.1 Å². The van der Waals surface area contributed by atoms with Crippen LogP contribution in [-0.2, 0) is 0 Å². The van der Waals surface area contributed by atoms with Gasteiger partial charge in [-0.2, -0.15) is 0 Å². The molecule has 1 aromatic heterocycles. The number of hydrogen-bond acceptors (Lipinski definition) is 2. The van der Waals surface area contributed by atoms with E-state index in [1.54, 1.807) is 6.26 Å². The summed E-state index contributed by atoms with van der Waals surface area (Å²) in [4.78, 5) is 0.0811. The number of rotatable bonds is 4. The average Bonchev–Trinajstić information content (AvgIpc) is 2.77. The molecule has 0 spiro atoms. The molecule has 18 heavy (non-hydrogen) atoms. The molecule has 0 amide bonds. The molecule has 0 saturated carbocycles. The van der Waals surface area contributed by atoms with E-state index in [1.807, 2.05) is 31.2 Å². The Balaban J connectivity index is 2.29. The number of benzene rings is 1. The number of halogens is 3. The van der Waals surface area contributed by atoms with Crippen molar-refractivity contribution >= 4 is 47.8 Å². The summed E-state index contributed by atoms with van der Waals surface area (Å²) in [6.45, 7) is 2.62. The van der Waals surface area contributed by atoms with E-state index in [0.717, 1.165) is 26.0 Å². The smallest absolute Gasteiger partial charge is 0.173 e. The lowest BCUT2D eigenvalue weighted by molar-refractivity contribution is 0.338. The van der Waals surface area contributed by atoms with Gasteiger partial charge < -0.3 is 9.15 Å². The number of ether oxygens (including phenoxy) is 1. The minimum Gasteiger partial charge on any atom is -0.493 e. The highest BCUT2D eigenvalue weighted by molar-refractivity contribution is 9.11. The second-order valence-electron chi connectivity index (χ2n) is 3.64.